The lowest BCUT2D eigenvalue weighted by Crippen LogP contribution is -2.03. The van der Waals surface area contributed by atoms with Crippen LogP contribution in [0, 0.1) is 0 Å². The van der Waals surface area contributed by atoms with Crippen molar-refractivity contribution in [3.8, 4) is 0 Å². The number of hydrogen-bond acceptors (Lipinski definition) is 3. The molecule has 1 aromatic rings. The number of nitrogens with zero attached hydrogens (tertiary/aromatic N) is 1. The molecule has 0 N–H and O–H groups in total. The van der Waals surface area contributed by atoms with E-state index in [2.05, 4.69) is 4.98 Å². The van der Waals surface area contributed by atoms with E-state index in [1.54, 1.807) is 6.92 Å². The second kappa shape index (κ2) is 3.41. The molecule has 0 atom stereocenters. The van der Waals surface area contributed by atoms with Gasteiger partial charge in [-0.25, -0.2) is 13.4 Å². The van der Waals surface area contributed by atoms with Gasteiger partial charge in [0.1, 0.15) is 5.15 Å². The Morgan fingerprint density at radius 1 is 1.58 bits per heavy atom. The van der Waals surface area contributed by atoms with Crippen LogP contribution in [-0.2, 0) is 9.84 Å². The van der Waals surface area contributed by atoms with E-state index < -0.39 is 9.84 Å². The minimum Gasteiger partial charge on any atom is -0.244 e. The number of hydrogen-bond donors (Lipinski definition) is 0. The second-order valence-electron chi connectivity index (χ2n) is 2.22. The van der Waals surface area contributed by atoms with Crippen molar-refractivity contribution in [2.24, 2.45) is 0 Å². The van der Waals surface area contributed by atoms with E-state index >= 15 is 0 Å². The quantitative estimate of drug-likeness (QED) is 0.688. The number of sulfone groups is 1. The van der Waals surface area contributed by atoms with Gasteiger partial charge in [0.15, 0.2) is 9.84 Å². The monoisotopic (exact) mass is 205 g/mol. The molecule has 1 aromatic heterocycles. The summed E-state index contributed by atoms with van der Waals surface area (Å²) in [6, 6.07) is 2.78. The van der Waals surface area contributed by atoms with Crippen molar-refractivity contribution < 1.29 is 8.42 Å². The fraction of sp³-hybridized carbons (Fsp3) is 0.286. The molecule has 3 nitrogen and oxygen atoms in total. The Hall–Kier alpha value is -0.610. The van der Waals surface area contributed by atoms with Gasteiger partial charge < -0.3 is 0 Å². The van der Waals surface area contributed by atoms with Crippen LogP contribution in [0.2, 0.25) is 5.15 Å². The van der Waals surface area contributed by atoms with Crippen LogP contribution >= 0.6 is 11.6 Å². The average Bonchev–Trinajstić information content (AvgIpc) is 2.05. The van der Waals surface area contributed by atoms with E-state index in [0.29, 0.717) is 0 Å². The second-order valence-corrected chi connectivity index (χ2v) is 4.88. The summed E-state index contributed by atoms with van der Waals surface area (Å²) in [5, 5.41) is 0.199. The van der Waals surface area contributed by atoms with Crippen molar-refractivity contribution in [3.05, 3.63) is 23.5 Å². The first-order chi connectivity index (χ1) is 5.56. The van der Waals surface area contributed by atoms with Crippen molar-refractivity contribution in [3.63, 3.8) is 0 Å². The van der Waals surface area contributed by atoms with E-state index in [9.17, 15) is 8.42 Å². The zero-order valence-corrected chi connectivity index (χ0v) is 8.06. The van der Waals surface area contributed by atoms with E-state index in [0.717, 1.165) is 0 Å². The third-order valence-corrected chi connectivity index (χ3v) is 3.38. The van der Waals surface area contributed by atoms with E-state index in [-0.39, 0.29) is 15.8 Å². The van der Waals surface area contributed by atoms with E-state index in [1.165, 1.54) is 18.3 Å². The Labute approximate surface area is 76.3 Å². The molecule has 0 fully saturated rings. The third kappa shape index (κ3) is 1.95. The van der Waals surface area contributed by atoms with Crippen LogP contribution in [0.5, 0.6) is 0 Å². The first-order valence-electron chi connectivity index (χ1n) is 3.40. The summed E-state index contributed by atoms with van der Waals surface area (Å²) in [5.41, 5.74) is 0. The maximum Gasteiger partial charge on any atom is 0.178 e. The van der Waals surface area contributed by atoms with Gasteiger partial charge in [-0.2, -0.15) is 0 Å². The summed E-state index contributed by atoms with van der Waals surface area (Å²) < 4.78 is 22.5. The van der Waals surface area contributed by atoms with Gasteiger partial charge in [-0.05, 0) is 12.1 Å². The SMILES string of the molecule is CCS(=O)(=O)c1ccnc(Cl)c1. The normalized spacial score (nSPS) is 11.5. The highest BCUT2D eigenvalue weighted by atomic mass is 35.5. The zero-order chi connectivity index (χ0) is 9.19. The molecule has 1 rings (SSSR count). The van der Waals surface area contributed by atoms with Gasteiger partial charge in [0.05, 0.1) is 10.6 Å². The highest BCUT2D eigenvalue weighted by Gasteiger charge is 2.11. The third-order valence-electron chi connectivity index (χ3n) is 1.44. The van der Waals surface area contributed by atoms with E-state index in [4.69, 9.17) is 11.6 Å². The lowest BCUT2D eigenvalue weighted by Gasteiger charge is -1.99. The number of rotatable bonds is 2. The molecule has 0 bridgehead atoms. The highest BCUT2D eigenvalue weighted by molar-refractivity contribution is 7.91. The smallest absolute Gasteiger partial charge is 0.178 e. The fourth-order valence-electron chi connectivity index (χ4n) is 0.745. The highest BCUT2D eigenvalue weighted by Crippen LogP contribution is 2.13. The van der Waals surface area contributed by atoms with Crippen molar-refractivity contribution >= 4 is 21.4 Å². The van der Waals surface area contributed by atoms with Crippen LogP contribution in [0.4, 0.5) is 0 Å². The molecule has 66 valence electrons. The summed E-state index contributed by atoms with van der Waals surface area (Å²) in [5.74, 6) is 0.0767. The number of halogens is 1. The molecule has 5 heteroatoms. The molecule has 0 aliphatic rings. The standard InChI is InChI=1S/C7H8ClNO2S/c1-2-12(10,11)6-3-4-9-7(8)5-6/h3-5H,2H2,1H3. The van der Waals surface area contributed by atoms with Crippen LogP contribution in [0.1, 0.15) is 6.92 Å². The topological polar surface area (TPSA) is 47.0 Å². The summed E-state index contributed by atoms with van der Waals surface area (Å²) in [6.45, 7) is 1.59. The summed E-state index contributed by atoms with van der Waals surface area (Å²) >= 11 is 5.53. The lowest BCUT2D eigenvalue weighted by molar-refractivity contribution is 0.597. The molecule has 0 amide bonds. The number of aromatic nitrogens is 1. The van der Waals surface area contributed by atoms with Gasteiger partial charge in [-0.15, -0.1) is 0 Å². The molecule has 0 aliphatic carbocycles. The van der Waals surface area contributed by atoms with Gasteiger partial charge in [-0.3, -0.25) is 0 Å². The molecule has 0 radical (unpaired) electrons. The van der Waals surface area contributed by atoms with Crippen LogP contribution in [0.15, 0.2) is 23.2 Å². The Kier molecular flexibility index (Phi) is 2.69. The zero-order valence-electron chi connectivity index (χ0n) is 6.49. The Morgan fingerprint density at radius 2 is 2.25 bits per heavy atom. The summed E-state index contributed by atoms with van der Waals surface area (Å²) in [4.78, 5) is 3.92. The van der Waals surface area contributed by atoms with Crippen LogP contribution in [0.25, 0.3) is 0 Å². The van der Waals surface area contributed by atoms with Crippen LogP contribution < -0.4 is 0 Å². The number of pyridine rings is 1. The van der Waals surface area contributed by atoms with Gasteiger partial charge in [0.2, 0.25) is 0 Å². The molecule has 0 aromatic carbocycles. The lowest BCUT2D eigenvalue weighted by atomic mass is 10.5. The minimum atomic E-state index is -3.15. The molecule has 0 spiro atoms. The Balaban J connectivity index is 3.21. The Morgan fingerprint density at radius 3 is 2.75 bits per heavy atom. The van der Waals surface area contributed by atoms with Crippen LogP contribution in [0.3, 0.4) is 0 Å². The maximum atomic E-state index is 11.3. The molecular weight excluding hydrogens is 198 g/mol. The first-order valence-corrected chi connectivity index (χ1v) is 5.43. The Bertz CT molecular complexity index is 375. The first kappa shape index (κ1) is 9.48. The summed E-state index contributed by atoms with van der Waals surface area (Å²) in [7, 11) is -3.15. The predicted octanol–water partition coefficient (Wildman–Crippen LogP) is 1.53. The van der Waals surface area contributed by atoms with E-state index in [1.807, 2.05) is 0 Å². The maximum absolute atomic E-state index is 11.3. The molecule has 12 heavy (non-hydrogen) atoms. The molecule has 0 saturated heterocycles. The minimum absolute atomic E-state index is 0.0767. The van der Waals surface area contributed by atoms with Crippen molar-refractivity contribution in [2.75, 3.05) is 5.75 Å². The fourth-order valence-corrected chi connectivity index (χ4v) is 1.88. The molecular formula is C7H8ClNO2S. The van der Waals surface area contributed by atoms with Crippen LogP contribution in [-0.4, -0.2) is 19.2 Å². The molecule has 0 unspecified atom stereocenters. The van der Waals surface area contributed by atoms with Gasteiger partial charge in [0, 0.05) is 6.20 Å². The molecule has 1 heterocycles. The molecule has 0 aliphatic heterocycles. The largest absolute Gasteiger partial charge is 0.244 e. The average molecular weight is 206 g/mol. The van der Waals surface area contributed by atoms with Crippen molar-refractivity contribution in [1.82, 2.24) is 4.98 Å². The van der Waals surface area contributed by atoms with Crippen molar-refractivity contribution in [2.45, 2.75) is 11.8 Å². The molecule has 0 saturated carbocycles. The van der Waals surface area contributed by atoms with Gasteiger partial charge in [0.25, 0.3) is 0 Å². The van der Waals surface area contributed by atoms with Gasteiger partial charge >= 0.3 is 0 Å². The van der Waals surface area contributed by atoms with Gasteiger partial charge in [-0.1, -0.05) is 18.5 Å². The predicted molar refractivity (Wildman–Crippen MR) is 47.0 cm³/mol. The van der Waals surface area contributed by atoms with Crippen molar-refractivity contribution in [1.29, 1.82) is 0 Å². The summed E-state index contributed by atoms with van der Waals surface area (Å²) in [6.07, 6.45) is 1.38.